The molecular formula is C35H59N9O6. The number of rotatable bonds is 26. The summed E-state index contributed by atoms with van der Waals surface area (Å²) < 4.78 is 5.57. The molecule has 280 valence electrons. The zero-order valence-corrected chi connectivity index (χ0v) is 30.4. The molecule has 1 unspecified atom stereocenters. The molecule has 1 aromatic heterocycles. The van der Waals surface area contributed by atoms with E-state index in [4.69, 9.17) is 10.5 Å². The first-order chi connectivity index (χ1) is 24.0. The van der Waals surface area contributed by atoms with Gasteiger partial charge in [-0.1, -0.05) is 45.4 Å². The minimum atomic E-state index is -1.05. The summed E-state index contributed by atoms with van der Waals surface area (Å²) in [6.07, 6.45) is 2.87. The van der Waals surface area contributed by atoms with Gasteiger partial charge >= 0.3 is 0 Å². The second-order valence-electron chi connectivity index (χ2n) is 12.6. The fraction of sp³-hybridized carbons (Fsp3) is 0.629. The van der Waals surface area contributed by atoms with Crippen LogP contribution in [0.25, 0.3) is 10.9 Å². The lowest BCUT2D eigenvalue weighted by molar-refractivity contribution is -0.134. The molecule has 4 atom stereocenters. The average molecular weight is 702 g/mol. The molecule has 0 spiro atoms. The quantitative estimate of drug-likeness (QED) is 0.0600. The molecule has 1 heterocycles. The van der Waals surface area contributed by atoms with Crippen LogP contribution in [-0.4, -0.2) is 125 Å². The molecule has 5 amide bonds. The topological polar surface area (TPSA) is 212 Å². The molecule has 0 aliphatic carbocycles. The molecule has 15 nitrogen and oxygen atoms in total. The van der Waals surface area contributed by atoms with Crippen molar-refractivity contribution in [2.24, 2.45) is 17.6 Å². The fourth-order valence-corrected chi connectivity index (χ4v) is 5.34. The van der Waals surface area contributed by atoms with Crippen molar-refractivity contribution in [1.82, 2.24) is 41.8 Å². The van der Waals surface area contributed by atoms with Gasteiger partial charge in [-0.05, 0) is 44.5 Å². The van der Waals surface area contributed by atoms with Gasteiger partial charge in [-0.3, -0.25) is 28.9 Å². The Morgan fingerprint density at radius 3 is 2.18 bits per heavy atom. The minimum absolute atomic E-state index is 0.00239. The lowest BCUT2D eigenvalue weighted by Crippen LogP contribution is -2.56. The first kappa shape index (κ1) is 42.1. The monoisotopic (exact) mass is 701 g/mol. The van der Waals surface area contributed by atoms with Crippen LogP contribution in [0.2, 0.25) is 0 Å². The Kier molecular flexibility index (Phi) is 19.7. The Balaban J connectivity index is 1.86. The normalized spacial score (nSPS) is 13.7. The van der Waals surface area contributed by atoms with Gasteiger partial charge in [0.1, 0.15) is 12.1 Å². The highest BCUT2D eigenvalue weighted by Crippen LogP contribution is 2.21. The Hall–Kier alpha value is -4.05. The number of benzene rings is 1. The van der Waals surface area contributed by atoms with E-state index in [1.165, 1.54) is 0 Å². The van der Waals surface area contributed by atoms with Crippen LogP contribution in [0.4, 0.5) is 0 Å². The van der Waals surface area contributed by atoms with Gasteiger partial charge in [0.15, 0.2) is 0 Å². The van der Waals surface area contributed by atoms with Crippen LogP contribution in [0.5, 0.6) is 0 Å². The summed E-state index contributed by atoms with van der Waals surface area (Å²) in [6.45, 7) is 9.83. The van der Waals surface area contributed by atoms with E-state index < -0.39 is 35.7 Å². The SMILES string of the molecule is CCC(C)[C@H](NC(=O)[C@@H](C)Cc1c[nH]c2ccccc12)C(=O)N[C@@H](CCC(N)=O)C(=O)NCCOCCNC(=O)CN(CCNC)CCNC. The second kappa shape index (κ2) is 23.4. The van der Waals surface area contributed by atoms with Crippen molar-refractivity contribution in [2.45, 2.75) is 58.5 Å². The maximum absolute atomic E-state index is 13.5. The minimum Gasteiger partial charge on any atom is -0.378 e. The number of nitrogens with one attached hydrogen (secondary N) is 7. The van der Waals surface area contributed by atoms with Gasteiger partial charge in [-0.15, -0.1) is 0 Å². The van der Waals surface area contributed by atoms with E-state index in [9.17, 15) is 24.0 Å². The summed E-state index contributed by atoms with van der Waals surface area (Å²) in [5.74, 6) is -2.64. The molecule has 0 fully saturated rings. The number of aromatic nitrogens is 1. The number of hydrogen-bond donors (Lipinski definition) is 8. The molecule has 0 bridgehead atoms. The van der Waals surface area contributed by atoms with Crippen LogP contribution in [0, 0.1) is 11.8 Å². The van der Waals surface area contributed by atoms with E-state index in [0.29, 0.717) is 19.4 Å². The van der Waals surface area contributed by atoms with Crippen molar-refractivity contribution < 1.29 is 28.7 Å². The molecule has 0 saturated heterocycles. The van der Waals surface area contributed by atoms with E-state index in [1.807, 2.05) is 65.3 Å². The number of nitrogens with zero attached hydrogens (tertiary/aromatic N) is 1. The van der Waals surface area contributed by atoms with Crippen molar-refractivity contribution in [3.05, 3.63) is 36.0 Å². The number of nitrogens with two attached hydrogens (primary N) is 1. The third-order valence-electron chi connectivity index (χ3n) is 8.59. The molecule has 0 saturated carbocycles. The molecule has 1 aromatic carbocycles. The number of amides is 5. The number of carbonyl (C=O) groups is 5. The predicted molar refractivity (Wildman–Crippen MR) is 194 cm³/mol. The molecule has 50 heavy (non-hydrogen) atoms. The van der Waals surface area contributed by atoms with Crippen LogP contribution in [0.1, 0.15) is 45.6 Å². The Bertz CT molecular complexity index is 1340. The van der Waals surface area contributed by atoms with E-state index in [2.05, 4.69) is 41.8 Å². The molecule has 0 aliphatic heterocycles. The van der Waals surface area contributed by atoms with E-state index in [0.717, 1.165) is 42.6 Å². The van der Waals surface area contributed by atoms with Crippen LogP contribution >= 0.6 is 0 Å². The lowest BCUT2D eigenvalue weighted by atomic mass is 9.95. The van der Waals surface area contributed by atoms with Gasteiger partial charge < -0.3 is 47.4 Å². The highest BCUT2D eigenvalue weighted by molar-refractivity contribution is 5.93. The number of H-pyrrole nitrogens is 1. The maximum atomic E-state index is 13.5. The maximum Gasteiger partial charge on any atom is 0.243 e. The molecular weight excluding hydrogens is 642 g/mol. The summed E-state index contributed by atoms with van der Waals surface area (Å²) in [6, 6.07) is 5.93. The number of primary amides is 1. The number of likely N-dealkylation sites (N-methyl/N-ethyl adjacent to an activating group) is 2. The Morgan fingerprint density at radius 1 is 0.880 bits per heavy atom. The molecule has 2 aromatic rings. The molecule has 0 aliphatic rings. The van der Waals surface area contributed by atoms with Crippen LogP contribution in [0.3, 0.4) is 0 Å². The first-order valence-corrected chi connectivity index (χ1v) is 17.6. The number of ether oxygens (including phenoxy) is 1. The second-order valence-corrected chi connectivity index (χ2v) is 12.6. The standard InChI is InChI=1S/C35H59N9O6/c1-6-24(2)32(43-33(47)25(3)21-26-22-41-28-10-8-7-9-27(26)28)35(49)42-29(11-12-30(36)45)34(48)40-16-20-50-19-15-39-31(46)23-44(17-13-37-4)18-14-38-5/h7-10,22,24-25,29,32,37-38,41H,6,11-21,23H2,1-5H3,(H2,36,45)(H,39,46)(H,40,48)(H,42,49)(H,43,47)/t24?,25-,29-,32-/m0/s1. The van der Waals surface area contributed by atoms with E-state index in [1.54, 1.807) is 0 Å². The largest absolute Gasteiger partial charge is 0.378 e. The summed E-state index contributed by atoms with van der Waals surface area (Å²) in [4.78, 5) is 69.1. The van der Waals surface area contributed by atoms with Crippen molar-refractivity contribution in [3.63, 3.8) is 0 Å². The summed E-state index contributed by atoms with van der Waals surface area (Å²) in [7, 11) is 3.74. The molecule has 2 rings (SSSR count). The fourth-order valence-electron chi connectivity index (χ4n) is 5.34. The zero-order chi connectivity index (χ0) is 36.9. The van der Waals surface area contributed by atoms with Gasteiger partial charge in [0.2, 0.25) is 29.5 Å². The summed E-state index contributed by atoms with van der Waals surface area (Å²) in [5.41, 5.74) is 7.34. The smallest absolute Gasteiger partial charge is 0.243 e. The van der Waals surface area contributed by atoms with Gasteiger partial charge in [0, 0.05) is 68.7 Å². The van der Waals surface area contributed by atoms with Gasteiger partial charge in [-0.2, -0.15) is 0 Å². The van der Waals surface area contributed by atoms with Crippen molar-refractivity contribution in [1.29, 1.82) is 0 Å². The van der Waals surface area contributed by atoms with Crippen LogP contribution in [0.15, 0.2) is 30.5 Å². The Labute approximate surface area is 295 Å². The predicted octanol–water partition coefficient (Wildman–Crippen LogP) is -0.382. The molecule has 0 radical (unpaired) electrons. The number of carbonyl (C=O) groups excluding carboxylic acids is 5. The third kappa shape index (κ3) is 15.2. The third-order valence-corrected chi connectivity index (χ3v) is 8.59. The number of fused-ring (bicyclic) bond motifs is 1. The van der Waals surface area contributed by atoms with Crippen LogP contribution < -0.4 is 37.6 Å². The highest BCUT2D eigenvalue weighted by Gasteiger charge is 2.31. The molecule has 9 N–H and O–H groups in total. The summed E-state index contributed by atoms with van der Waals surface area (Å²) >= 11 is 0. The first-order valence-electron chi connectivity index (χ1n) is 17.6. The molecule has 15 heteroatoms. The van der Waals surface area contributed by atoms with Crippen molar-refractivity contribution in [2.75, 3.05) is 73.1 Å². The van der Waals surface area contributed by atoms with Gasteiger partial charge in [0.25, 0.3) is 0 Å². The van der Waals surface area contributed by atoms with Crippen LogP contribution in [-0.2, 0) is 35.1 Å². The summed E-state index contributed by atoms with van der Waals surface area (Å²) in [5, 5.41) is 18.4. The van der Waals surface area contributed by atoms with Gasteiger partial charge in [-0.25, -0.2) is 0 Å². The van der Waals surface area contributed by atoms with Crippen molar-refractivity contribution >= 4 is 40.4 Å². The average Bonchev–Trinajstić information content (AvgIpc) is 3.51. The number of hydrogen-bond acceptors (Lipinski definition) is 9. The Morgan fingerprint density at radius 2 is 1.54 bits per heavy atom. The van der Waals surface area contributed by atoms with Gasteiger partial charge in [0.05, 0.1) is 19.8 Å². The van der Waals surface area contributed by atoms with Crippen molar-refractivity contribution in [3.8, 4) is 0 Å². The number of para-hydroxylation sites is 1. The van der Waals surface area contributed by atoms with E-state index in [-0.39, 0.29) is 56.9 Å². The lowest BCUT2D eigenvalue weighted by Gasteiger charge is -2.27. The highest BCUT2D eigenvalue weighted by atomic mass is 16.5. The zero-order valence-electron chi connectivity index (χ0n) is 30.4. The number of aromatic amines is 1. The van der Waals surface area contributed by atoms with E-state index >= 15 is 0 Å².